The van der Waals surface area contributed by atoms with Crippen molar-refractivity contribution in [2.75, 3.05) is 18.1 Å². The molecule has 100 valence electrons. The highest BCUT2D eigenvalue weighted by molar-refractivity contribution is 5.76. The molecule has 0 bridgehead atoms. The minimum Gasteiger partial charge on any atom is -0.433 e. The summed E-state index contributed by atoms with van der Waals surface area (Å²) in [5.74, 6) is -0.0409. The smallest absolute Gasteiger partial charge is 0.387 e. The Hall–Kier alpha value is -2.02. The first-order chi connectivity index (χ1) is 9.19. The van der Waals surface area contributed by atoms with Crippen LogP contribution in [0.5, 0.6) is 5.75 Å². The molecular formula is C12H10F2N2O3. The molecule has 1 fully saturated rings. The summed E-state index contributed by atoms with van der Waals surface area (Å²) in [4.78, 5) is 16.5. The van der Waals surface area contributed by atoms with Crippen molar-refractivity contribution >= 4 is 18.0 Å². The molecule has 1 aromatic rings. The van der Waals surface area contributed by atoms with Crippen LogP contribution in [0.15, 0.2) is 17.8 Å². The van der Waals surface area contributed by atoms with E-state index >= 15 is 0 Å². The number of rotatable bonds is 4. The zero-order chi connectivity index (χ0) is 13.4. The van der Waals surface area contributed by atoms with Gasteiger partial charge in [0.25, 0.3) is 0 Å². The number of hydrogen-bond donors (Lipinski definition) is 0. The van der Waals surface area contributed by atoms with Gasteiger partial charge in [-0.2, -0.15) is 8.78 Å². The van der Waals surface area contributed by atoms with Crippen LogP contribution < -0.4 is 9.64 Å². The summed E-state index contributed by atoms with van der Waals surface area (Å²) in [6.07, 6.45) is 3.51. The van der Waals surface area contributed by atoms with Crippen LogP contribution in [0.3, 0.4) is 0 Å². The summed E-state index contributed by atoms with van der Waals surface area (Å²) < 4.78 is 34.1. The van der Waals surface area contributed by atoms with Gasteiger partial charge in [-0.15, -0.1) is 0 Å². The average molecular weight is 268 g/mol. The predicted molar refractivity (Wildman–Crippen MR) is 62.0 cm³/mol. The fraction of sp³-hybridized carbons (Fsp3) is 0.333. The Kier molecular flexibility index (Phi) is 2.90. The van der Waals surface area contributed by atoms with E-state index in [1.807, 2.05) is 6.08 Å². The molecule has 5 nitrogen and oxygen atoms in total. The molecule has 7 heteroatoms. The lowest BCUT2D eigenvalue weighted by atomic mass is 10.0. The molecule has 0 aromatic carbocycles. The normalized spacial score (nSPS) is 20.3. The topological polar surface area (TPSA) is 51.7 Å². The van der Waals surface area contributed by atoms with E-state index in [1.165, 1.54) is 12.3 Å². The Balaban J connectivity index is 1.98. The van der Waals surface area contributed by atoms with Crippen LogP contribution in [0.4, 0.5) is 14.5 Å². The lowest BCUT2D eigenvalue weighted by Gasteiger charge is -2.43. The van der Waals surface area contributed by atoms with E-state index in [1.54, 1.807) is 4.90 Å². The number of aldehydes is 1. The van der Waals surface area contributed by atoms with Gasteiger partial charge in [0, 0.05) is 11.6 Å². The molecular weight excluding hydrogens is 258 g/mol. The van der Waals surface area contributed by atoms with Crippen LogP contribution in [0.2, 0.25) is 0 Å². The van der Waals surface area contributed by atoms with Crippen LogP contribution in [0.1, 0.15) is 5.69 Å². The van der Waals surface area contributed by atoms with Crippen molar-refractivity contribution in [3.8, 4) is 5.75 Å². The van der Waals surface area contributed by atoms with Crippen LogP contribution >= 0.6 is 0 Å². The second-order valence-corrected chi connectivity index (χ2v) is 4.16. The van der Waals surface area contributed by atoms with Gasteiger partial charge in [-0.05, 0) is 6.08 Å². The first kappa shape index (κ1) is 12.0. The summed E-state index contributed by atoms with van der Waals surface area (Å²) in [6.45, 7) is -2.31. The van der Waals surface area contributed by atoms with Gasteiger partial charge >= 0.3 is 6.61 Å². The quantitative estimate of drug-likeness (QED) is 0.773. The zero-order valence-corrected chi connectivity index (χ0v) is 9.75. The number of carbonyl (C=O) groups excluding carboxylic acids is 1. The number of halogens is 2. The molecule has 19 heavy (non-hydrogen) atoms. The molecule has 3 heterocycles. The molecule has 0 saturated carbocycles. The highest BCUT2D eigenvalue weighted by atomic mass is 19.3. The maximum atomic E-state index is 12.2. The minimum absolute atomic E-state index is 0.0409. The molecule has 1 unspecified atom stereocenters. The number of carbonyl (C=O) groups is 1. The van der Waals surface area contributed by atoms with Crippen molar-refractivity contribution < 1.29 is 23.0 Å². The SMILES string of the molecule is O=CCN1c2cc(OC(F)F)cnc2C=C2COC21. The fourth-order valence-corrected chi connectivity index (χ4v) is 2.19. The number of pyridine rings is 1. The molecule has 2 aliphatic heterocycles. The molecule has 0 amide bonds. The summed E-state index contributed by atoms with van der Waals surface area (Å²) in [5, 5.41) is 0. The van der Waals surface area contributed by atoms with Crippen molar-refractivity contribution in [3.63, 3.8) is 0 Å². The third-order valence-corrected chi connectivity index (χ3v) is 3.01. The maximum Gasteiger partial charge on any atom is 0.387 e. The van der Waals surface area contributed by atoms with Gasteiger partial charge < -0.3 is 19.2 Å². The number of anilines is 1. The average Bonchev–Trinajstić information content (AvgIpc) is 2.33. The predicted octanol–water partition coefficient (Wildman–Crippen LogP) is 1.44. The largest absolute Gasteiger partial charge is 0.433 e. The Bertz CT molecular complexity index is 548. The monoisotopic (exact) mass is 268 g/mol. The van der Waals surface area contributed by atoms with Crippen molar-refractivity contribution in [1.29, 1.82) is 0 Å². The van der Waals surface area contributed by atoms with E-state index in [0.29, 0.717) is 18.0 Å². The highest BCUT2D eigenvalue weighted by Gasteiger charge is 2.36. The van der Waals surface area contributed by atoms with Gasteiger partial charge in [-0.3, -0.25) is 4.98 Å². The summed E-state index contributed by atoms with van der Waals surface area (Å²) in [5.41, 5.74) is 2.20. The van der Waals surface area contributed by atoms with Gasteiger partial charge in [0.2, 0.25) is 0 Å². The molecule has 3 rings (SSSR count). The van der Waals surface area contributed by atoms with E-state index in [0.717, 1.165) is 11.9 Å². The van der Waals surface area contributed by atoms with Crippen LogP contribution in [-0.2, 0) is 9.53 Å². The first-order valence-corrected chi connectivity index (χ1v) is 5.66. The molecule has 0 spiro atoms. The van der Waals surface area contributed by atoms with Crippen LogP contribution in [-0.4, -0.2) is 37.3 Å². The van der Waals surface area contributed by atoms with Crippen LogP contribution in [0, 0.1) is 0 Å². The maximum absolute atomic E-state index is 12.2. The number of ether oxygens (including phenoxy) is 2. The molecule has 0 N–H and O–H groups in total. The molecule has 0 aliphatic carbocycles. The second kappa shape index (κ2) is 4.58. The molecule has 2 aliphatic rings. The van der Waals surface area contributed by atoms with E-state index in [-0.39, 0.29) is 18.5 Å². The number of alkyl halides is 2. The molecule has 1 saturated heterocycles. The Morgan fingerprint density at radius 2 is 2.47 bits per heavy atom. The highest BCUT2D eigenvalue weighted by Crippen LogP contribution is 2.38. The Labute approximate surface area is 107 Å². The number of hydrogen-bond acceptors (Lipinski definition) is 5. The van der Waals surface area contributed by atoms with Crippen molar-refractivity contribution in [2.45, 2.75) is 12.8 Å². The molecule has 1 aromatic heterocycles. The van der Waals surface area contributed by atoms with Gasteiger partial charge in [-0.25, -0.2) is 0 Å². The van der Waals surface area contributed by atoms with E-state index in [4.69, 9.17) is 4.74 Å². The first-order valence-electron chi connectivity index (χ1n) is 5.66. The van der Waals surface area contributed by atoms with Crippen LogP contribution in [0.25, 0.3) is 6.08 Å². The lowest BCUT2D eigenvalue weighted by molar-refractivity contribution is -0.107. The fourth-order valence-electron chi connectivity index (χ4n) is 2.19. The van der Waals surface area contributed by atoms with E-state index < -0.39 is 6.61 Å². The number of aromatic nitrogens is 1. The van der Waals surface area contributed by atoms with E-state index in [9.17, 15) is 13.6 Å². The molecule has 0 radical (unpaired) electrons. The summed E-state index contributed by atoms with van der Waals surface area (Å²) in [6, 6.07) is 1.44. The second-order valence-electron chi connectivity index (χ2n) is 4.16. The Morgan fingerprint density at radius 3 is 3.11 bits per heavy atom. The van der Waals surface area contributed by atoms with Gasteiger partial charge in [0.15, 0.2) is 6.23 Å². The van der Waals surface area contributed by atoms with Gasteiger partial charge in [0.1, 0.15) is 12.0 Å². The summed E-state index contributed by atoms with van der Waals surface area (Å²) in [7, 11) is 0. The van der Waals surface area contributed by atoms with Gasteiger partial charge in [-0.1, -0.05) is 0 Å². The standard InChI is InChI=1S/C12H10F2N2O3/c13-12(14)19-8-4-10-9(15-5-8)3-7-6-18-11(7)16(10)1-2-17/h2-5,11-12H,1,6H2. The zero-order valence-electron chi connectivity index (χ0n) is 9.75. The summed E-state index contributed by atoms with van der Waals surface area (Å²) >= 11 is 0. The number of nitrogens with zero attached hydrogens (tertiary/aromatic N) is 2. The van der Waals surface area contributed by atoms with E-state index in [2.05, 4.69) is 9.72 Å². The minimum atomic E-state index is -2.91. The van der Waals surface area contributed by atoms with Crippen molar-refractivity contribution in [2.24, 2.45) is 0 Å². The van der Waals surface area contributed by atoms with Crippen molar-refractivity contribution in [3.05, 3.63) is 23.5 Å². The Morgan fingerprint density at radius 1 is 1.63 bits per heavy atom. The number of fused-ring (bicyclic) bond motifs is 2. The third-order valence-electron chi connectivity index (χ3n) is 3.01. The van der Waals surface area contributed by atoms with Crippen molar-refractivity contribution in [1.82, 2.24) is 4.98 Å². The third kappa shape index (κ3) is 2.06. The lowest BCUT2D eigenvalue weighted by Crippen LogP contribution is -2.49. The van der Waals surface area contributed by atoms with Gasteiger partial charge in [0.05, 0.1) is 30.7 Å². The molecule has 1 atom stereocenters.